The van der Waals surface area contributed by atoms with Crippen molar-refractivity contribution in [2.24, 2.45) is 0 Å². The lowest BCUT2D eigenvalue weighted by molar-refractivity contribution is -0.274. The van der Waals surface area contributed by atoms with Crippen LogP contribution in [0.2, 0.25) is 0 Å². The van der Waals surface area contributed by atoms with Crippen molar-refractivity contribution in [2.75, 3.05) is 0 Å². The second-order valence-electron chi connectivity index (χ2n) is 2.25. The van der Waals surface area contributed by atoms with Crippen molar-refractivity contribution in [3.63, 3.8) is 0 Å². The summed E-state index contributed by atoms with van der Waals surface area (Å²) in [6, 6.07) is 2.54. The number of alkyl halides is 3. The average molecular weight is 446 g/mol. The number of halogens is 6. The first-order valence-corrected chi connectivity index (χ1v) is 5.86. The van der Waals surface area contributed by atoms with Crippen LogP contribution < -0.4 is 4.74 Å². The average Bonchev–Trinajstić information content (AvgIpc) is 1.96. The molecule has 0 bridgehead atoms. The Labute approximate surface area is 108 Å². The highest BCUT2D eigenvalue weighted by atomic mass is 127. The van der Waals surface area contributed by atoms with Gasteiger partial charge in [0.15, 0.2) is 0 Å². The Bertz CT molecular complexity index is 330. The fraction of sp³-hybridized carbons (Fsp3) is 0.143. The topological polar surface area (TPSA) is 9.23 Å². The summed E-state index contributed by atoms with van der Waals surface area (Å²) in [6.45, 7) is 0. The number of hydrogen-bond acceptors (Lipinski definition) is 1. The Kier molecular flexibility index (Phi) is 4.10. The van der Waals surface area contributed by atoms with E-state index in [1.54, 1.807) is 0 Å². The molecule has 0 aromatic heterocycles. The highest BCUT2D eigenvalue weighted by Crippen LogP contribution is 2.34. The van der Waals surface area contributed by atoms with Gasteiger partial charge in [-0.1, -0.05) is 0 Å². The molecule has 0 saturated heterocycles. The number of rotatable bonds is 1. The molecule has 0 unspecified atom stereocenters. The summed E-state index contributed by atoms with van der Waals surface area (Å²) >= 11 is 8.21. The van der Waals surface area contributed by atoms with Gasteiger partial charge in [-0.05, 0) is 66.6 Å². The fourth-order valence-corrected chi connectivity index (χ4v) is 2.36. The van der Waals surface area contributed by atoms with Gasteiger partial charge in [0.2, 0.25) is 0 Å². The van der Waals surface area contributed by atoms with Crippen molar-refractivity contribution >= 4 is 54.5 Å². The van der Waals surface area contributed by atoms with Gasteiger partial charge in [0.25, 0.3) is 0 Å². The van der Waals surface area contributed by atoms with Crippen LogP contribution in [0.3, 0.4) is 0 Å². The maximum atomic E-state index is 11.9. The van der Waals surface area contributed by atoms with E-state index in [4.69, 9.17) is 0 Å². The van der Waals surface area contributed by atoms with Gasteiger partial charge in [-0.2, -0.15) is 0 Å². The monoisotopic (exact) mass is 444 g/mol. The summed E-state index contributed by atoms with van der Waals surface area (Å²) < 4.78 is 41.2. The SMILES string of the molecule is FC(F)(F)Oc1cc(Br)c(Br)c(I)c1. The van der Waals surface area contributed by atoms with E-state index in [1.807, 2.05) is 22.6 Å². The van der Waals surface area contributed by atoms with E-state index in [2.05, 4.69) is 36.6 Å². The molecule has 0 fully saturated rings. The predicted octanol–water partition coefficient (Wildman–Crippen LogP) is 4.71. The van der Waals surface area contributed by atoms with Gasteiger partial charge >= 0.3 is 6.36 Å². The molecule has 0 aliphatic carbocycles. The first-order valence-electron chi connectivity index (χ1n) is 3.20. The molecule has 0 heterocycles. The van der Waals surface area contributed by atoms with Crippen LogP contribution in [0.25, 0.3) is 0 Å². The van der Waals surface area contributed by atoms with Crippen molar-refractivity contribution in [1.29, 1.82) is 0 Å². The van der Waals surface area contributed by atoms with Crippen molar-refractivity contribution in [1.82, 2.24) is 0 Å². The summed E-state index contributed by atoms with van der Waals surface area (Å²) in [5.74, 6) is -0.239. The Morgan fingerprint density at radius 3 is 2.21 bits per heavy atom. The van der Waals surface area contributed by atoms with Crippen molar-refractivity contribution in [3.05, 3.63) is 24.6 Å². The third-order valence-corrected chi connectivity index (χ3v) is 4.79. The minimum atomic E-state index is -4.66. The van der Waals surface area contributed by atoms with Crippen LogP contribution in [-0.4, -0.2) is 6.36 Å². The van der Waals surface area contributed by atoms with E-state index in [1.165, 1.54) is 12.1 Å². The standard InChI is InChI=1S/C7H2Br2F3IO/c8-4-1-3(14-7(10,11)12)2-5(13)6(4)9/h1-2H. The van der Waals surface area contributed by atoms with Gasteiger partial charge in [0.05, 0.1) is 0 Å². The Morgan fingerprint density at radius 2 is 1.79 bits per heavy atom. The van der Waals surface area contributed by atoms with E-state index in [-0.39, 0.29) is 5.75 Å². The van der Waals surface area contributed by atoms with Gasteiger partial charge in [-0.25, -0.2) is 0 Å². The summed E-state index contributed by atoms with van der Waals surface area (Å²) in [5.41, 5.74) is 0. The van der Waals surface area contributed by atoms with Gasteiger partial charge < -0.3 is 4.74 Å². The second kappa shape index (κ2) is 4.56. The summed E-state index contributed by atoms with van der Waals surface area (Å²) in [6.07, 6.45) is -4.66. The maximum absolute atomic E-state index is 11.9. The van der Waals surface area contributed by atoms with Crippen LogP contribution in [0.1, 0.15) is 0 Å². The minimum Gasteiger partial charge on any atom is -0.406 e. The van der Waals surface area contributed by atoms with Crippen molar-refractivity contribution in [2.45, 2.75) is 6.36 Å². The Morgan fingerprint density at radius 1 is 1.21 bits per heavy atom. The molecule has 0 amide bonds. The van der Waals surface area contributed by atoms with Crippen LogP contribution in [-0.2, 0) is 0 Å². The maximum Gasteiger partial charge on any atom is 0.573 e. The zero-order valence-corrected chi connectivity index (χ0v) is 11.7. The van der Waals surface area contributed by atoms with Gasteiger partial charge in [-0.3, -0.25) is 0 Å². The molecule has 0 aliphatic rings. The fourth-order valence-electron chi connectivity index (χ4n) is 0.725. The van der Waals surface area contributed by atoms with Gasteiger partial charge in [-0.15, -0.1) is 13.2 Å². The highest BCUT2D eigenvalue weighted by Gasteiger charge is 2.31. The number of benzene rings is 1. The van der Waals surface area contributed by atoms with Crippen LogP contribution in [0.4, 0.5) is 13.2 Å². The molecule has 0 saturated carbocycles. The van der Waals surface area contributed by atoms with Crippen LogP contribution in [0.15, 0.2) is 21.1 Å². The normalized spacial score (nSPS) is 11.6. The molecule has 0 radical (unpaired) electrons. The third kappa shape index (κ3) is 3.58. The number of ether oxygens (including phenoxy) is 1. The largest absolute Gasteiger partial charge is 0.573 e. The molecule has 78 valence electrons. The van der Waals surface area contributed by atoms with Crippen LogP contribution in [0.5, 0.6) is 5.75 Å². The molecule has 1 rings (SSSR count). The summed E-state index contributed by atoms with van der Waals surface area (Å²) in [4.78, 5) is 0. The first kappa shape index (κ1) is 12.6. The molecule has 1 aromatic carbocycles. The lowest BCUT2D eigenvalue weighted by atomic mass is 10.3. The van der Waals surface area contributed by atoms with E-state index in [0.717, 1.165) is 0 Å². The van der Waals surface area contributed by atoms with Crippen LogP contribution in [0, 0.1) is 3.57 Å². The second-order valence-corrected chi connectivity index (χ2v) is 5.06. The van der Waals surface area contributed by atoms with Gasteiger partial charge in [0, 0.05) is 12.5 Å². The summed E-state index contributed by atoms with van der Waals surface area (Å²) in [5, 5.41) is 0. The molecule has 0 N–H and O–H groups in total. The van der Waals surface area contributed by atoms with Crippen molar-refractivity contribution < 1.29 is 17.9 Å². The zero-order valence-electron chi connectivity index (χ0n) is 6.33. The molecule has 0 aliphatic heterocycles. The lowest BCUT2D eigenvalue weighted by Crippen LogP contribution is -2.17. The molecule has 0 spiro atoms. The molecule has 1 nitrogen and oxygen atoms in total. The summed E-state index contributed by atoms with van der Waals surface area (Å²) in [7, 11) is 0. The molecule has 0 atom stereocenters. The van der Waals surface area contributed by atoms with E-state index in [0.29, 0.717) is 12.5 Å². The predicted molar refractivity (Wildman–Crippen MR) is 61.2 cm³/mol. The Hall–Kier alpha value is 0.500. The van der Waals surface area contributed by atoms with E-state index < -0.39 is 6.36 Å². The number of hydrogen-bond donors (Lipinski definition) is 0. The van der Waals surface area contributed by atoms with E-state index in [9.17, 15) is 13.2 Å². The van der Waals surface area contributed by atoms with Gasteiger partial charge in [0.1, 0.15) is 5.75 Å². The lowest BCUT2D eigenvalue weighted by Gasteiger charge is -2.10. The van der Waals surface area contributed by atoms with Crippen molar-refractivity contribution in [3.8, 4) is 5.75 Å². The first-order chi connectivity index (χ1) is 6.29. The zero-order chi connectivity index (χ0) is 10.9. The van der Waals surface area contributed by atoms with E-state index >= 15 is 0 Å². The van der Waals surface area contributed by atoms with Crippen LogP contribution >= 0.6 is 54.5 Å². The smallest absolute Gasteiger partial charge is 0.406 e. The highest BCUT2D eigenvalue weighted by molar-refractivity contribution is 14.1. The molecular formula is C7H2Br2F3IO. The molecule has 14 heavy (non-hydrogen) atoms. The minimum absolute atomic E-state index is 0.239. The molecular weight excluding hydrogens is 444 g/mol. The quantitative estimate of drug-likeness (QED) is 0.449. The molecule has 1 aromatic rings. The Balaban J connectivity index is 3.02. The molecule has 7 heteroatoms. The third-order valence-electron chi connectivity index (χ3n) is 1.19.